The molecule has 0 amide bonds. The predicted octanol–water partition coefficient (Wildman–Crippen LogP) is 0.620. The first-order chi connectivity index (χ1) is 3.80. The highest BCUT2D eigenvalue weighted by molar-refractivity contribution is 4.92. The molecule has 8 heavy (non-hydrogen) atoms. The first-order valence-corrected chi connectivity index (χ1v) is 2.64. The molecule has 0 saturated heterocycles. The second kappa shape index (κ2) is 1.95. The molecule has 0 aromatic carbocycles. The summed E-state index contributed by atoms with van der Waals surface area (Å²) in [4.78, 5) is 0. The van der Waals surface area contributed by atoms with Gasteiger partial charge < -0.3 is 4.57 Å². The van der Waals surface area contributed by atoms with Crippen LogP contribution in [0.4, 0.5) is 0 Å². The van der Waals surface area contributed by atoms with Crippen molar-refractivity contribution in [2.24, 2.45) is 7.05 Å². The van der Waals surface area contributed by atoms with Crippen molar-refractivity contribution in [1.82, 2.24) is 0 Å². The van der Waals surface area contributed by atoms with Crippen molar-refractivity contribution in [3.63, 3.8) is 0 Å². The van der Waals surface area contributed by atoms with Crippen LogP contribution in [0.15, 0.2) is 18.2 Å². The molecule has 1 aromatic rings. The Morgan fingerprint density at radius 3 is 2.75 bits per heavy atom. The number of rotatable bonds is 0. The lowest BCUT2D eigenvalue weighted by Crippen LogP contribution is -2.30. The fraction of sp³-hybridized carbons (Fsp3) is 0.286. The molecule has 1 rings (SSSR count). The second-order valence-electron chi connectivity index (χ2n) is 1.86. The summed E-state index contributed by atoms with van der Waals surface area (Å²) in [5, 5.41) is 0. The van der Waals surface area contributed by atoms with Gasteiger partial charge in [0, 0.05) is 0 Å². The van der Waals surface area contributed by atoms with Crippen molar-refractivity contribution in [2.45, 2.75) is 6.92 Å². The molecule has 0 aliphatic heterocycles. The molecule has 0 unspecified atom stereocenters. The lowest BCUT2D eigenvalue weighted by atomic mass is 10.4. The SMILES string of the molecule is Cc1ccc[c-][n+]1C. The topological polar surface area (TPSA) is 3.88 Å². The highest BCUT2D eigenvalue weighted by atomic mass is 14.9. The zero-order valence-corrected chi connectivity index (χ0v) is 5.18. The molecule has 1 heterocycles. The average molecular weight is 107 g/mol. The van der Waals surface area contributed by atoms with E-state index in [1.165, 1.54) is 5.69 Å². The number of aromatic nitrogens is 1. The van der Waals surface area contributed by atoms with Gasteiger partial charge in [-0.1, -0.05) is 0 Å². The van der Waals surface area contributed by atoms with E-state index in [0.717, 1.165) is 0 Å². The minimum Gasteiger partial charge on any atom is -0.311 e. The number of hydrogen-bond donors (Lipinski definition) is 0. The van der Waals surface area contributed by atoms with Crippen LogP contribution in [0.5, 0.6) is 0 Å². The van der Waals surface area contributed by atoms with Crippen LogP contribution in [0, 0.1) is 13.1 Å². The molecule has 1 nitrogen and oxygen atoms in total. The molecule has 1 aromatic heterocycles. The highest BCUT2D eigenvalue weighted by Crippen LogP contribution is 1.82. The maximum atomic E-state index is 3.02. The van der Waals surface area contributed by atoms with Crippen LogP contribution in [-0.4, -0.2) is 0 Å². The molecule has 0 radical (unpaired) electrons. The first kappa shape index (κ1) is 5.29. The van der Waals surface area contributed by atoms with Crippen LogP contribution < -0.4 is 4.57 Å². The summed E-state index contributed by atoms with van der Waals surface area (Å²) in [5.41, 5.74) is 1.23. The van der Waals surface area contributed by atoms with Gasteiger partial charge in [0.2, 0.25) is 0 Å². The quantitative estimate of drug-likeness (QED) is 0.338. The minimum absolute atomic E-state index is 1.23. The molecule has 0 aliphatic carbocycles. The molecule has 0 bridgehead atoms. The van der Waals surface area contributed by atoms with Gasteiger partial charge in [0.15, 0.2) is 0 Å². The molecule has 0 aliphatic rings. The number of hydrogen-bond acceptors (Lipinski definition) is 0. The van der Waals surface area contributed by atoms with Crippen molar-refractivity contribution < 1.29 is 4.57 Å². The van der Waals surface area contributed by atoms with Crippen LogP contribution in [-0.2, 0) is 7.05 Å². The fourth-order valence-corrected chi connectivity index (χ4v) is 0.556. The van der Waals surface area contributed by atoms with Gasteiger partial charge in [0.25, 0.3) is 0 Å². The average Bonchev–Trinajstić information content (AvgIpc) is 1.77. The van der Waals surface area contributed by atoms with E-state index in [9.17, 15) is 0 Å². The lowest BCUT2D eigenvalue weighted by molar-refractivity contribution is -0.681. The number of pyridine rings is 1. The highest BCUT2D eigenvalue weighted by Gasteiger charge is 1.82. The summed E-state index contributed by atoms with van der Waals surface area (Å²) >= 11 is 0. The van der Waals surface area contributed by atoms with Gasteiger partial charge in [-0.15, -0.1) is 12.1 Å². The van der Waals surface area contributed by atoms with Gasteiger partial charge in [0.05, 0.1) is 5.69 Å². The molecular weight excluding hydrogens is 98.1 g/mol. The smallest absolute Gasteiger partial charge is 0.115 e. The fourth-order valence-electron chi connectivity index (χ4n) is 0.556. The van der Waals surface area contributed by atoms with E-state index in [4.69, 9.17) is 0 Å². The zero-order valence-electron chi connectivity index (χ0n) is 5.18. The monoisotopic (exact) mass is 107 g/mol. The molecule has 0 saturated carbocycles. The summed E-state index contributed by atoms with van der Waals surface area (Å²) in [6.07, 6.45) is 3.02. The van der Waals surface area contributed by atoms with E-state index in [1.54, 1.807) is 0 Å². The summed E-state index contributed by atoms with van der Waals surface area (Å²) in [5.74, 6) is 0. The summed E-state index contributed by atoms with van der Waals surface area (Å²) in [6.45, 7) is 2.05. The van der Waals surface area contributed by atoms with E-state index in [-0.39, 0.29) is 0 Å². The van der Waals surface area contributed by atoms with Crippen molar-refractivity contribution in [3.05, 3.63) is 30.1 Å². The Morgan fingerprint density at radius 2 is 2.38 bits per heavy atom. The molecule has 0 N–H and O–H groups in total. The Hall–Kier alpha value is -0.850. The van der Waals surface area contributed by atoms with E-state index < -0.39 is 0 Å². The maximum Gasteiger partial charge on any atom is 0.115 e. The van der Waals surface area contributed by atoms with Gasteiger partial charge in [-0.25, -0.2) is 0 Å². The van der Waals surface area contributed by atoms with Crippen LogP contribution >= 0.6 is 0 Å². The third kappa shape index (κ3) is 0.861. The number of nitrogens with zero attached hydrogens (tertiary/aromatic N) is 1. The van der Waals surface area contributed by atoms with Gasteiger partial charge in [-0.05, 0) is 6.92 Å². The third-order valence-corrected chi connectivity index (χ3v) is 1.23. The lowest BCUT2D eigenvalue weighted by Gasteiger charge is -1.96. The first-order valence-electron chi connectivity index (χ1n) is 2.64. The van der Waals surface area contributed by atoms with Crippen LogP contribution in [0.25, 0.3) is 0 Å². The number of aryl methyl sites for hydroxylation is 2. The van der Waals surface area contributed by atoms with Crippen molar-refractivity contribution in [3.8, 4) is 0 Å². The Balaban J connectivity index is 3.13. The molecule has 42 valence electrons. The normalized spacial score (nSPS) is 9.25. The molecule has 1 heteroatoms. The Kier molecular flexibility index (Phi) is 1.29. The van der Waals surface area contributed by atoms with Gasteiger partial charge in [-0.3, -0.25) is 0 Å². The molecule has 0 fully saturated rings. The van der Waals surface area contributed by atoms with E-state index in [1.807, 2.05) is 23.7 Å². The largest absolute Gasteiger partial charge is 0.311 e. The van der Waals surface area contributed by atoms with E-state index in [2.05, 4.69) is 19.2 Å². The minimum atomic E-state index is 1.23. The van der Waals surface area contributed by atoms with Crippen LogP contribution in [0.1, 0.15) is 5.69 Å². The third-order valence-electron chi connectivity index (χ3n) is 1.23. The van der Waals surface area contributed by atoms with E-state index in [0.29, 0.717) is 0 Å². The van der Waals surface area contributed by atoms with E-state index >= 15 is 0 Å². The van der Waals surface area contributed by atoms with Crippen LogP contribution in [0.2, 0.25) is 0 Å². The molecule has 0 atom stereocenters. The molecular formula is C7H9N. The zero-order chi connectivity index (χ0) is 5.98. The van der Waals surface area contributed by atoms with Crippen molar-refractivity contribution in [1.29, 1.82) is 0 Å². The van der Waals surface area contributed by atoms with Gasteiger partial charge in [0.1, 0.15) is 13.2 Å². The summed E-state index contributed by atoms with van der Waals surface area (Å²) < 4.78 is 1.96. The second-order valence-corrected chi connectivity index (χ2v) is 1.86. The summed E-state index contributed by atoms with van der Waals surface area (Å²) in [7, 11) is 1.98. The Labute approximate surface area is 49.6 Å². The van der Waals surface area contributed by atoms with Crippen molar-refractivity contribution >= 4 is 0 Å². The standard InChI is InChI=1S/C7H9N/c1-7-5-3-4-6-8(7)2/h3-5H,1-2H3. The van der Waals surface area contributed by atoms with Crippen molar-refractivity contribution in [2.75, 3.05) is 0 Å². The van der Waals surface area contributed by atoms with Gasteiger partial charge in [-0.2, -0.15) is 6.07 Å². The molecule has 0 spiro atoms. The predicted molar refractivity (Wildman–Crippen MR) is 31.2 cm³/mol. The Morgan fingerprint density at radius 1 is 1.62 bits per heavy atom. The summed E-state index contributed by atoms with van der Waals surface area (Å²) in [6, 6.07) is 5.93. The van der Waals surface area contributed by atoms with Crippen LogP contribution in [0.3, 0.4) is 0 Å². The Bertz CT molecular complexity index is 160. The maximum absolute atomic E-state index is 3.02. The van der Waals surface area contributed by atoms with Gasteiger partial charge >= 0.3 is 0 Å².